The Kier molecular flexibility index (Phi) is 4.19. The average molecular weight is 313 g/mol. The van der Waals surface area contributed by atoms with Crippen LogP contribution in [0.5, 0.6) is 0 Å². The van der Waals surface area contributed by atoms with Crippen LogP contribution in [0.1, 0.15) is 4.88 Å². The summed E-state index contributed by atoms with van der Waals surface area (Å²) in [6.07, 6.45) is 1.85. The Labute approximate surface area is 126 Å². The Morgan fingerprint density at radius 3 is 2.70 bits per heavy atom. The number of quaternary nitrogens is 1. The van der Waals surface area contributed by atoms with Gasteiger partial charge >= 0.3 is 0 Å². The summed E-state index contributed by atoms with van der Waals surface area (Å²) in [5.41, 5.74) is 0.715. The maximum Gasteiger partial charge on any atom is 0.183 e. The molecule has 0 bridgehead atoms. The third kappa shape index (κ3) is 3.11. The molecule has 3 nitrogen and oxygen atoms in total. The van der Waals surface area contributed by atoms with Crippen molar-refractivity contribution in [2.24, 2.45) is 0 Å². The van der Waals surface area contributed by atoms with Crippen molar-refractivity contribution in [1.82, 2.24) is 4.98 Å². The summed E-state index contributed by atoms with van der Waals surface area (Å²) >= 11 is 7.39. The van der Waals surface area contributed by atoms with Crippen LogP contribution in [0, 0.1) is 5.82 Å². The number of anilines is 1. The number of nitrogens with one attached hydrogen (secondary N) is 1. The number of para-hydroxylation sites is 1. The summed E-state index contributed by atoms with van der Waals surface area (Å²) in [4.78, 5) is 8.90. The highest BCUT2D eigenvalue weighted by Gasteiger charge is 2.22. The summed E-state index contributed by atoms with van der Waals surface area (Å²) in [5, 5.41) is 0. The molecule has 0 unspecified atom stereocenters. The van der Waals surface area contributed by atoms with Gasteiger partial charge in [0, 0.05) is 6.20 Å². The van der Waals surface area contributed by atoms with Gasteiger partial charge in [0.1, 0.15) is 12.4 Å². The van der Waals surface area contributed by atoms with Crippen LogP contribution in [0.4, 0.5) is 10.1 Å². The van der Waals surface area contributed by atoms with Gasteiger partial charge in [0.05, 0.1) is 36.7 Å². The lowest BCUT2D eigenvalue weighted by Crippen LogP contribution is -3.13. The molecule has 1 saturated heterocycles. The predicted molar refractivity (Wildman–Crippen MR) is 80.1 cm³/mol. The standard InChI is InChI=1S/C14H15ClFN3S/c15-14-17-9-11(20-14)10-18-5-7-19(8-6-18)13-4-2-1-3-12(13)16/h1-4,9H,5-8,10H2/p+1. The second kappa shape index (κ2) is 6.08. The van der Waals surface area contributed by atoms with Crippen molar-refractivity contribution < 1.29 is 9.29 Å². The van der Waals surface area contributed by atoms with E-state index in [4.69, 9.17) is 11.6 Å². The molecule has 2 aromatic rings. The van der Waals surface area contributed by atoms with E-state index in [0.717, 1.165) is 32.7 Å². The molecule has 0 spiro atoms. The first-order valence-corrected chi connectivity index (χ1v) is 7.85. The largest absolute Gasteiger partial charge is 0.358 e. The summed E-state index contributed by atoms with van der Waals surface area (Å²) < 4.78 is 14.4. The fraction of sp³-hybridized carbons (Fsp3) is 0.357. The van der Waals surface area contributed by atoms with E-state index < -0.39 is 0 Å². The summed E-state index contributed by atoms with van der Waals surface area (Å²) in [6.45, 7) is 4.72. The van der Waals surface area contributed by atoms with Crippen molar-refractivity contribution in [2.75, 3.05) is 31.1 Å². The van der Waals surface area contributed by atoms with E-state index in [1.54, 1.807) is 17.4 Å². The van der Waals surface area contributed by atoms with Crippen LogP contribution in [0.2, 0.25) is 4.47 Å². The molecule has 0 atom stereocenters. The minimum absolute atomic E-state index is 0.134. The highest BCUT2D eigenvalue weighted by Crippen LogP contribution is 2.19. The Bertz CT molecular complexity index is 581. The average Bonchev–Trinajstić information content (AvgIpc) is 2.86. The van der Waals surface area contributed by atoms with Gasteiger partial charge in [0.15, 0.2) is 4.47 Å². The first-order valence-electron chi connectivity index (χ1n) is 6.65. The molecule has 0 radical (unpaired) electrons. The molecule has 0 amide bonds. The van der Waals surface area contributed by atoms with Gasteiger partial charge in [-0.25, -0.2) is 9.37 Å². The summed E-state index contributed by atoms with van der Waals surface area (Å²) in [7, 11) is 0. The Hall–Kier alpha value is -1.17. The zero-order valence-corrected chi connectivity index (χ0v) is 12.6. The lowest BCUT2D eigenvalue weighted by Gasteiger charge is -2.33. The van der Waals surface area contributed by atoms with Crippen molar-refractivity contribution in [1.29, 1.82) is 0 Å². The highest BCUT2D eigenvalue weighted by atomic mass is 35.5. The SMILES string of the molecule is Fc1ccccc1N1CC[NH+](Cc2cnc(Cl)s2)CC1. The number of aromatic nitrogens is 1. The fourth-order valence-electron chi connectivity index (χ4n) is 2.56. The van der Waals surface area contributed by atoms with Crippen LogP contribution in [-0.2, 0) is 6.54 Å². The molecular weight excluding hydrogens is 297 g/mol. The molecule has 1 aromatic carbocycles. The van der Waals surface area contributed by atoms with E-state index >= 15 is 0 Å². The van der Waals surface area contributed by atoms with Gasteiger partial charge < -0.3 is 9.80 Å². The van der Waals surface area contributed by atoms with E-state index in [9.17, 15) is 4.39 Å². The minimum atomic E-state index is -0.134. The van der Waals surface area contributed by atoms with Crippen LogP contribution in [0.15, 0.2) is 30.5 Å². The van der Waals surface area contributed by atoms with E-state index in [-0.39, 0.29) is 5.82 Å². The smallest absolute Gasteiger partial charge is 0.183 e. The van der Waals surface area contributed by atoms with Gasteiger partial charge in [-0.15, -0.1) is 11.3 Å². The first-order chi connectivity index (χ1) is 9.72. The second-order valence-electron chi connectivity index (χ2n) is 4.94. The van der Waals surface area contributed by atoms with Crippen molar-refractivity contribution in [3.05, 3.63) is 45.6 Å². The normalized spacial score (nSPS) is 16.6. The molecule has 0 saturated carbocycles. The maximum atomic E-state index is 13.8. The first kappa shape index (κ1) is 13.8. The Morgan fingerprint density at radius 1 is 1.30 bits per heavy atom. The molecule has 0 aliphatic carbocycles. The van der Waals surface area contributed by atoms with Crippen LogP contribution < -0.4 is 9.80 Å². The quantitative estimate of drug-likeness (QED) is 0.933. The van der Waals surface area contributed by atoms with E-state index in [1.807, 2.05) is 18.3 Å². The van der Waals surface area contributed by atoms with Gasteiger partial charge in [-0.1, -0.05) is 23.7 Å². The lowest BCUT2D eigenvalue weighted by molar-refractivity contribution is -0.914. The molecule has 6 heteroatoms. The van der Waals surface area contributed by atoms with Gasteiger partial charge in [-0.3, -0.25) is 0 Å². The molecule has 3 rings (SSSR count). The number of hydrogen-bond acceptors (Lipinski definition) is 3. The number of halogens is 2. The zero-order chi connectivity index (χ0) is 13.9. The number of piperazine rings is 1. The third-order valence-corrected chi connectivity index (χ3v) is 4.73. The van der Waals surface area contributed by atoms with Gasteiger partial charge in [0.25, 0.3) is 0 Å². The summed E-state index contributed by atoms with van der Waals surface area (Å²) in [6, 6.07) is 6.99. The predicted octanol–water partition coefficient (Wildman–Crippen LogP) is 1.84. The van der Waals surface area contributed by atoms with Crippen LogP contribution in [0.25, 0.3) is 0 Å². The number of nitrogens with zero attached hydrogens (tertiary/aromatic N) is 2. The van der Waals surface area contributed by atoms with E-state index in [1.165, 1.54) is 15.8 Å². The van der Waals surface area contributed by atoms with E-state index in [0.29, 0.717) is 10.2 Å². The van der Waals surface area contributed by atoms with Crippen LogP contribution in [0.3, 0.4) is 0 Å². The van der Waals surface area contributed by atoms with Gasteiger partial charge in [-0.2, -0.15) is 0 Å². The molecule has 106 valence electrons. The lowest BCUT2D eigenvalue weighted by atomic mass is 10.2. The van der Waals surface area contributed by atoms with Crippen molar-refractivity contribution in [2.45, 2.75) is 6.54 Å². The molecule has 1 N–H and O–H groups in total. The molecule has 1 aliphatic heterocycles. The van der Waals surface area contributed by atoms with E-state index in [2.05, 4.69) is 9.88 Å². The van der Waals surface area contributed by atoms with Crippen LogP contribution in [-0.4, -0.2) is 31.2 Å². The number of benzene rings is 1. The molecule has 20 heavy (non-hydrogen) atoms. The highest BCUT2D eigenvalue weighted by molar-refractivity contribution is 7.15. The fourth-order valence-corrected chi connectivity index (χ4v) is 3.61. The molecule has 2 heterocycles. The summed E-state index contributed by atoms with van der Waals surface area (Å²) in [5.74, 6) is -0.134. The molecule has 1 aliphatic rings. The monoisotopic (exact) mass is 312 g/mol. The third-order valence-electron chi connectivity index (χ3n) is 3.61. The molecule has 1 fully saturated rings. The van der Waals surface area contributed by atoms with Crippen molar-refractivity contribution in [3.8, 4) is 0 Å². The number of rotatable bonds is 3. The van der Waals surface area contributed by atoms with Crippen molar-refractivity contribution >= 4 is 28.6 Å². The van der Waals surface area contributed by atoms with Crippen LogP contribution >= 0.6 is 22.9 Å². The minimum Gasteiger partial charge on any atom is -0.358 e. The number of thiazole rings is 1. The Morgan fingerprint density at radius 2 is 2.05 bits per heavy atom. The number of hydrogen-bond donors (Lipinski definition) is 1. The Balaban J connectivity index is 1.58. The van der Waals surface area contributed by atoms with Gasteiger partial charge in [-0.05, 0) is 12.1 Å². The zero-order valence-electron chi connectivity index (χ0n) is 11.0. The maximum absolute atomic E-state index is 13.8. The van der Waals surface area contributed by atoms with Gasteiger partial charge in [0.2, 0.25) is 0 Å². The second-order valence-corrected chi connectivity index (χ2v) is 6.64. The molecular formula is C14H16ClFN3S+. The topological polar surface area (TPSA) is 20.6 Å². The molecule has 1 aromatic heterocycles. The van der Waals surface area contributed by atoms with Crippen molar-refractivity contribution in [3.63, 3.8) is 0 Å².